The Morgan fingerprint density at radius 1 is 0.484 bits per heavy atom. The average molecular weight is 958 g/mol. The van der Waals surface area contributed by atoms with Gasteiger partial charge >= 0.3 is 0 Å². The maximum atomic E-state index is 14.1. The van der Waals surface area contributed by atoms with E-state index in [-0.39, 0.29) is 11.8 Å². The molecule has 0 radical (unpaired) electrons. The molecule has 0 bridgehead atoms. The molecule has 0 N–H and O–H groups in total. The van der Waals surface area contributed by atoms with Crippen LogP contribution in [0.4, 0.5) is 0 Å². The average Bonchev–Trinajstić information content (AvgIpc) is 3.99. The highest BCUT2D eigenvalue weighted by atomic mass is 32.2. The van der Waals surface area contributed by atoms with E-state index < -0.39 is 0 Å². The quantitative estimate of drug-likeness (QED) is 0.0403. The van der Waals surface area contributed by atoms with Gasteiger partial charge in [0.1, 0.15) is 8.64 Å². The van der Waals surface area contributed by atoms with Crippen molar-refractivity contribution in [3.8, 4) is 9.75 Å². The van der Waals surface area contributed by atoms with Gasteiger partial charge in [0.25, 0.3) is 11.8 Å². The summed E-state index contributed by atoms with van der Waals surface area (Å²) < 4.78 is 1.41. The molecule has 2 aliphatic heterocycles. The maximum absolute atomic E-state index is 14.1. The molecule has 2 atom stereocenters. The first kappa shape index (κ1) is 53.3. The first-order valence-electron chi connectivity index (χ1n) is 24.9. The van der Waals surface area contributed by atoms with Gasteiger partial charge in [-0.05, 0) is 98.6 Å². The number of thiophene rings is 2. The monoisotopic (exact) mass is 956 g/mol. The van der Waals surface area contributed by atoms with Crippen molar-refractivity contribution in [3.63, 3.8) is 0 Å². The summed E-state index contributed by atoms with van der Waals surface area (Å²) in [6, 6.07) is 4.72. The summed E-state index contributed by atoms with van der Waals surface area (Å²) in [5.41, 5.74) is 2.76. The Kier molecular flexibility index (Phi) is 25.9. The van der Waals surface area contributed by atoms with Gasteiger partial charge in [0.15, 0.2) is 0 Å². The molecule has 0 aliphatic carbocycles. The van der Waals surface area contributed by atoms with E-state index >= 15 is 0 Å². The van der Waals surface area contributed by atoms with Gasteiger partial charge in [0, 0.05) is 32.6 Å². The molecule has 62 heavy (non-hydrogen) atoms. The van der Waals surface area contributed by atoms with Gasteiger partial charge in [-0.3, -0.25) is 19.4 Å². The molecule has 4 nitrogen and oxygen atoms in total. The molecule has 0 saturated carbocycles. The summed E-state index contributed by atoms with van der Waals surface area (Å²) in [7, 11) is 0. The second kappa shape index (κ2) is 30.1. The Morgan fingerprint density at radius 3 is 1.18 bits per heavy atom. The third kappa shape index (κ3) is 17.2. The normalized spacial score (nSPS) is 16.9. The zero-order chi connectivity index (χ0) is 44.7. The summed E-state index contributed by atoms with van der Waals surface area (Å²) in [6.45, 7) is 15.1. The lowest BCUT2D eigenvalue weighted by Crippen LogP contribution is -2.33. The molecule has 0 aromatic carbocycles. The predicted molar refractivity (Wildman–Crippen MR) is 287 cm³/mol. The van der Waals surface area contributed by atoms with Gasteiger partial charge in [0.2, 0.25) is 0 Å². The highest BCUT2D eigenvalue weighted by Crippen LogP contribution is 2.45. The van der Waals surface area contributed by atoms with Gasteiger partial charge in [-0.15, -0.1) is 22.7 Å². The van der Waals surface area contributed by atoms with Crippen LogP contribution in [0.3, 0.4) is 0 Å². The fraction of sp³-hybridized carbons (Fsp3) is 0.692. The van der Waals surface area contributed by atoms with E-state index in [2.05, 4.69) is 65.8 Å². The number of hydrogen-bond donors (Lipinski definition) is 0. The molecular weight excluding hydrogens is 877 g/mol. The Bertz CT molecular complexity index is 1630. The third-order valence-electron chi connectivity index (χ3n) is 12.5. The zero-order valence-corrected chi connectivity index (χ0v) is 44.3. The standard InChI is InChI=1S/C52H80N2O2S6/c1-7-13-19-23-29-39(27-17-11-5)37-53-49(55)45(61-51(53)57)35-43-33-41(31-25-21-15-9-3)47(59-43)48-42(32-26-22-16-10-4)34-44(60-48)36-46-50(56)54(52(58)62-46)38-40(28-18-12-6)30-24-20-14-8-2/h33-36,39-40H,7-32,37-38H2,1-6H3/b45-35-,46-36-. The fourth-order valence-electron chi connectivity index (χ4n) is 8.73. The number of aryl methyl sites for hydroxylation is 2. The summed E-state index contributed by atoms with van der Waals surface area (Å²) in [5, 5.41) is 0. The van der Waals surface area contributed by atoms with Crippen LogP contribution in [0.2, 0.25) is 0 Å². The van der Waals surface area contributed by atoms with Gasteiger partial charge in [-0.25, -0.2) is 0 Å². The lowest BCUT2D eigenvalue weighted by molar-refractivity contribution is -0.123. The number of unbranched alkanes of at least 4 members (excludes halogenated alkanes) is 14. The highest BCUT2D eigenvalue weighted by Gasteiger charge is 2.35. The number of thiocarbonyl (C=S) groups is 2. The van der Waals surface area contributed by atoms with Gasteiger partial charge in [0.05, 0.1) is 9.81 Å². The van der Waals surface area contributed by atoms with Crippen molar-refractivity contribution in [1.29, 1.82) is 0 Å². The summed E-state index contributed by atoms with van der Waals surface area (Å²) >= 11 is 18.4. The Labute approximate surface area is 405 Å². The maximum Gasteiger partial charge on any atom is 0.266 e. The minimum absolute atomic E-state index is 0.0787. The van der Waals surface area contributed by atoms with Crippen molar-refractivity contribution in [2.75, 3.05) is 13.1 Å². The molecule has 2 unspecified atom stereocenters. The molecule has 0 spiro atoms. The minimum atomic E-state index is 0.0787. The number of hydrogen-bond acceptors (Lipinski definition) is 8. The van der Waals surface area contributed by atoms with E-state index in [0.29, 0.717) is 20.5 Å². The van der Waals surface area contributed by atoms with E-state index in [1.165, 1.54) is 173 Å². The minimum Gasteiger partial charge on any atom is -0.293 e. The van der Waals surface area contributed by atoms with Gasteiger partial charge in [-0.2, -0.15) is 0 Å². The lowest BCUT2D eigenvalue weighted by Gasteiger charge is -2.23. The summed E-state index contributed by atoms with van der Waals surface area (Å²) in [4.78, 5) is 38.4. The van der Waals surface area contributed by atoms with Crippen LogP contribution in [0.25, 0.3) is 21.9 Å². The van der Waals surface area contributed by atoms with Crippen LogP contribution in [0.15, 0.2) is 21.9 Å². The largest absolute Gasteiger partial charge is 0.293 e. The molecular formula is C52H80N2O2S6. The Balaban J connectivity index is 1.63. The summed E-state index contributed by atoms with van der Waals surface area (Å²) in [6.07, 6.45) is 35.4. The van der Waals surface area contributed by atoms with Crippen molar-refractivity contribution < 1.29 is 9.59 Å². The second-order valence-electron chi connectivity index (χ2n) is 17.9. The molecule has 2 aromatic rings. The summed E-state index contributed by atoms with van der Waals surface area (Å²) in [5.74, 6) is 1.15. The van der Waals surface area contributed by atoms with Crippen LogP contribution in [-0.4, -0.2) is 43.3 Å². The van der Waals surface area contributed by atoms with Crippen molar-refractivity contribution in [2.45, 2.75) is 208 Å². The zero-order valence-electron chi connectivity index (χ0n) is 39.4. The molecule has 10 heteroatoms. The molecule has 4 heterocycles. The number of rotatable bonds is 33. The van der Waals surface area contributed by atoms with Crippen molar-refractivity contribution >= 4 is 103 Å². The lowest BCUT2D eigenvalue weighted by atomic mass is 9.94. The Hall–Kier alpha value is -1.30. The van der Waals surface area contributed by atoms with E-state index in [1.807, 2.05) is 32.5 Å². The molecule has 4 rings (SSSR count). The molecule has 2 fully saturated rings. The van der Waals surface area contributed by atoms with Crippen LogP contribution in [0.1, 0.15) is 217 Å². The third-order valence-corrected chi connectivity index (χ3v) is 17.7. The molecule has 2 saturated heterocycles. The van der Waals surface area contributed by atoms with Crippen molar-refractivity contribution in [3.05, 3.63) is 42.8 Å². The highest BCUT2D eigenvalue weighted by molar-refractivity contribution is 8.27. The van der Waals surface area contributed by atoms with Crippen LogP contribution >= 0.6 is 70.6 Å². The molecule has 2 aliphatic rings. The Morgan fingerprint density at radius 2 is 0.823 bits per heavy atom. The van der Waals surface area contributed by atoms with Crippen LogP contribution < -0.4 is 0 Å². The molecule has 2 aromatic heterocycles. The topological polar surface area (TPSA) is 40.6 Å². The van der Waals surface area contributed by atoms with Crippen LogP contribution in [0, 0.1) is 11.8 Å². The number of amides is 2. The van der Waals surface area contributed by atoms with Gasteiger partial charge < -0.3 is 0 Å². The number of carbonyl (C=O) groups excluding carboxylic acids is 2. The van der Waals surface area contributed by atoms with Crippen LogP contribution in [-0.2, 0) is 22.4 Å². The number of nitrogens with zero attached hydrogens (tertiary/aromatic N) is 2. The molecule has 2 amide bonds. The van der Waals surface area contributed by atoms with Crippen molar-refractivity contribution in [2.24, 2.45) is 11.8 Å². The number of carbonyl (C=O) groups is 2. The second-order valence-corrected chi connectivity index (χ2v) is 23.4. The SMILES string of the molecule is CCCCCCc1cc(/C=C2\SC(=S)N(CC(CCCC)CCCCCC)C2=O)sc1-c1sc(/C=C2\SC(=S)N(CC(CCCC)CCCCCC)C2=O)cc1CCCCCC. The van der Waals surface area contributed by atoms with E-state index in [9.17, 15) is 9.59 Å². The smallest absolute Gasteiger partial charge is 0.266 e. The predicted octanol–water partition coefficient (Wildman–Crippen LogP) is 17.7. The van der Waals surface area contributed by atoms with Crippen molar-refractivity contribution in [1.82, 2.24) is 9.80 Å². The van der Waals surface area contributed by atoms with E-state index in [0.717, 1.165) is 71.2 Å². The molecule has 346 valence electrons. The van der Waals surface area contributed by atoms with E-state index in [1.54, 1.807) is 0 Å². The van der Waals surface area contributed by atoms with Gasteiger partial charge in [-0.1, -0.05) is 205 Å². The fourth-order valence-corrected chi connectivity index (χ4v) is 13.9. The van der Waals surface area contributed by atoms with E-state index in [4.69, 9.17) is 24.4 Å². The first-order chi connectivity index (χ1) is 30.2. The van der Waals surface area contributed by atoms with Crippen LogP contribution in [0.5, 0.6) is 0 Å². The first-order valence-corrected chi connectivity index (χ1v) is 29.0. The number of thioether (sulfide) groups is 2.